The van der Waals surface area contributed by atoms with Crippen LogP contribution in [0, 0.1) is 6.92 Å². The van der Waals surface area contributed by atoms with Crippen molar-refractivity contribution >= 4 is 63.6 Å². The molecule has 0 aliphatic carbocycles. The van der Waals surface area contributed by atoms with Crippen LogP contribution in [0.3, 0.4) is 0 Å². The number of amides is 3. The molecule has 41 heavy (non-hydrogen) atoms. The van der Waals surface area contributed by atoms with Gasteiger partial charge in [-0.1, -0.05) is 48.5 Å². The van der Waals surface area contributed by atoms with Gasteiger partial charge >= 0.3 is 11.7 Å². The number of fused-ring (bicyclic) bond motifs is 1. The summed E-state index contributed by atoms with van der Waals surface area (Å²) in [6, 6.07) is 25.4. The van der Waals surface area contributed by atoms with Gasteiger partial charge in [-0.2, -0.15) is 0 Å². The van der Waals surface area contributed by atoms with Gasteiger partial charge in [0.1, 0.15) is 0 Å². The number of thiocarbonyl (C=S) groups is 1. The van der Waals surface area contributed by atoms with E-state index in [1.807, 2.05) is 61.5 Å². The highest BCUT2D eigenvalue weighted by Gasteiger charge is 2.20. The van der Waals surface area contributed by atoms with Crippen LogP contribution < -0.4 is 32.3 Å². The summed E-state index contributed by atoms with van der Waals surface area (Å²) < 4.78 is 0. The molecule has 0 spiro atoms. The molecule has 0 radical (unpaired) electrons. The van der Waals surface area contributed by atoms with E-state index in [2.05, 4.69) is 36.6 Å². The molecule has 1 heterocycles. The molecule has 0 atom stereocenters. The lowest BCUT2D eigenvalue weighted by atomic mass is 9.96. The van der Waals surface area contributed by atoms with Crippen molar-refractivity contribution in [2.24, 2.45) is 0 Å². The molecule has 5 aromatic rings. The van der Waals surface area contributed by atoms with Gasteiger partial charge in [0, 0.05) is 29.0 Å². The molecule has 11 heteroatoms. The Hall–Kier alpha value is -5.42. The quantitative estimate of drug-likeness (QED) is 0.0974. The van der Waals surface area contributed by atoms with Crippen molar-refractivity contribution in [3.63, 3.8) is 0 Å². The molecular weight excluding hydrogens is 538 g/mol. The SMILES string of the molecule is Cc1cc(NC(=S)NCc2ccccc2)cc(-c2c(NC(=O)Nc3ccccc3)ccc3[nH]c(=O)[nH]c23)c1NC=O. The predicted molar refractivity (Wildman–Crippen MR) is 167 cm³/mol. The number of para-hydroxylation sites is 1. The number of H-pyrrole nitrogens is 2. The average Bonchev–Trinajstić information content (AvgIpc) is 3.34. The summed E-state index contributed by atoms with van der Waals surface area (Å²) in [4.78, 5) is 42.5. The Bertz CT molecular complexity index is 1780. The number of anilines is 4. The third-order valence-electron chi connectivity index (χ3n) is 6.33. The first kappa shape index (κ1) is 27.2. The molecule has 0 fully saturated rings. The van der Waals surface area contributed by atoms with Crippen molar-refractivity contribution in [2.75, 3.05) is 21.3 Å². The van der Waals surface area contributed by atoms with E-state index in [0.717, 1.165) is 11.1 Å². The van der Waals surface area contributed by atoms with Crippen molar-refractivity contribution in [1.29, 1.82) is 0 Å². The number of aryl methyl sites for hydroxylation is 1. The number of nitrogens with one attached hydrogen (secondary N) is 7. The van der Waals surface area contributed by atoms with Crippen LogP contribution in [0.2, 0.25) is 0 Å². The Kier molecular flexibility index (Phi) is 8.07. The Morgan fingerprint density at radius 2 is 1.61 bits per heavy atom. The molecule has 3 amide bonds. The fraction of sp³-hybridized carbons (Fsp3) is 0.0667. The molecule has 5 rings (SSSR count). The molecule has 206 valence electrons. The summed E-state index contributed by atoms with van der Waals surface area (Å²) in [5.41, 5.74) is 5.64. The lowest BCUT2D eigenvalue weighted by Gasteiger charge is -2.19. The summed E-state index contributed by atoms with van der Waals surface area (Å²) in [6.45, 7) is 2.38. The van der Waals surface area contributed by atoms with Crippen molar-refractivity contribution in [3.8, 4) is 11.1 Å². The van der Waals surface area contributed by atoms with Gasteiger partial charge < -0.3 is 36.6 Å². The Morgan fingerprint density at radius 1 is 0.878 bits per heavy atom. The van der Waals surface area contributed by atoms with Crippen LogP contribution in [0.4, 0.5) is 27.5 Å². The standard InChI is InChI=1S/C30H27N7O3S/c1-18-14-21(34-30(41)31-16-19-8-4-2-5-9-19)15-22(26(18)32-17-38)25-23(12-13-24-27(25)37-29(40)36-24)35-28(39)33-20-10-6-3-7-11-20/h2-15,17H,16H2,1H3,(H,32,38)(H2,31,34,41)(H2,33,35,39)(H2,36,37,40). The molecule has 0 unspecified atom stereocenters. The van der Waals surface area contributed by atoms with Gasteiger partial charge in [-0.3, -0.25) is 4.79 Å². The van der Waals surface area contributed by atoms with Crippen molar-refractivity contribution in [3.05, 3.63) is 107 Å². The molecule has 0 aliphatic heterocycles. The van der Waals surface area contributed by atoms with Crippen LogP contribution in [-0.2, 0) is 11.3 Å². The maximum absolute atomic E-state index is 13.0. The molecule has 0 aliphatic rings. The maximum Gasteiger partial charge on any atom is 0.323 e. The Morgan fingerprint density at radius 3 is 2.34 bits per heavy atom. The fourth-order valence-electron chi connectivity index (χ4n) is 4.55. The van der Waals surface area contributed by atoms with E-state index in [1.165, 1.54) is 0 Å². The Labute approximate surface area is 240 Å². The zero-order valence-electron chi connectivity index (χ0n) is 22.0. The number of carbonyl (C=O) groups excluding carboxylic acids is 2. The molecule has 0 saturated heterocycles. The number of hydrogen-bond donors (Lipinski definition) is 7. The maximum atomic E-state index is 13.0. The smallest absolute Gasteiger partial charge is 0.323 e. The van der Waals surface area contributed by atoms with E-state index >= 15 is 0 Å². The molecule has 1 aromatic heterocycles. The van der Waals surface area contributed by atoms with Gasteiger partial charge in [0.25, 0.3) is 0 Å². The van der Waals surface area contributed by atoms with Gasteiger partial charge in [-0.25, -0.2) is 9.59 Å². The second-order valence-corrected chi connectivity index (χ2v) is 9.61. The summed E-state index contributed by atoms with van der Waals surface area (Å²) >= 11 is 5.54. The normalized spacial score (nSPS) is 10.6. The molecule has 0 saturated carbocycles. The second-order valence-electron chi connectivity index (χ2n) is 9.21. The van der Waals surface area contributed by atoms with E-state index in [-0.39, 0.29) is 0 Å². The number of rotatable bonds is 8. The van der Waals surface area contributed by atoms with Gasteiger partial charge in [0.05, 0.1) is 22.4 Å². The van der Waals surface area contributed by atoms with Crippen molar-refractivity contribution in [2.45, 2.75) is 13.5 Å². The third-order valence-corrected chi connectivity index (χ3v) is 6.58. The predicted octanol–water partition coefficient (Wildman–Crippen LogP) is 5.53. The number of hydrogen-bond acceptors (Lipinski definition) is 4. The van der Waals surface area contributed by atoms with Gasteiger partial charge in [-0.15, -0.1) is 0 Å². The highest BCUT2D eigenvalue weighted by Crippen LogP contribution is 2.41. The van der Waals surface area contributed by atoms with E-state index in [4.69, 9.17) is 12.2 Å². The highest BCUT2D eigenvalue weighted by molar-refractivity contribution is 7.80. The minimum absolute atomic E-state index is 0.407. The fourth-order valence-corrected chi connectivity index (χ4v) is 4.74. The number of imidazole rings is 1. The lowest BCUT2D eigenvalue weighted by Crippen LogP contribution is -2.28. The first-order valence-electron chi connectivity index (χ1n) is 12.7. The largest absolute Gasteiger partial charge is 0.358 e. The molecular formula is C30H27N7O3S. The molecule has 7 N–H and O–H groups in total. The van der Waals surface area contributed by atoms with Crippen LogP contribution in [0.15, 0.2) is 89.7 Å². The zero-order valence-corrected chi connectivity index (χ0v) is 22.8. The number of benzene rings is 4. The van der Waals surface area contributed by atoms with E-state index < -0.39 is 11.7 Å². The van der Waals surface area contributed by atoms with Gasteiger partial charge in [0.2, 0.25) is 6.41 Å². The summed E-state index contributed by atoms with van der Waals surface area (Å²) in [6.07, 6.45) is 0.584. The second kappa shape index (κ2) is 12.2. The number of aromatic amines is 2. The van der Waals surface area contributed by atoms with Crippen LogP contribution in [0.25, 0.3) is 22.2 Å². The van der Waals surface area contributed by atoms with Crippen LogP contribution in [0.1, 0.15) is 11.1 Å². The van der Waals surface area contributed by atoms with Crippen LogP contribution in [-0.4, -0.2) is 27.5 Å². The highest BCUT2D eigenvalue weighted by atomic mass is 32.1. The lowest BCUT2D eigenvalue weighted by molar-refractivity contribution is -0.105. The van der Waals surface area contributed by atoms with E-state index in [0.29, 0.717) is 63.0 Å². The van der Waals surface area contributed by atoms with E-state index in [9.17, 15) is 14.4 Å². The molecule has 0 bridgehead atoms. The number of urea groups is 1. The number of aromatic nitrogens is 2. The van der Waals surface area contributed by atoms with Crippen LogP contribution >= 0.6 is 12.2 Å². The summed E-state index contributed by atoms with van der Waals surface area (Å²) in [5.74, 6) is 0. The van der Waals surface area contributed by atoms with Gasteiger partial charge in [0.15, 0.2) is 5.11 Å². The minimum atomic E-state index is -0.475. The van der Waals surface area contributed by atoms with Crippen LogP contribution in [0.5, 0.6) is 0 Å². The minimum Gasteiger partial charge on any atom is -0.358 e. The number of carbonyl (C=O) groups is 2. The topological polar surface area (TPSA) is 143 Å². The monoisotopic (exact) mass is 565 g/mol. The average molecular weight is 566 g/mol. The Balaban J connectivity index is 1.53. The first-order chi connectivity index (χ1) is 19.9. The first-order valence-corrected chi connectivity index (χ1v) is 13.1. The van der Waals surface area contributed by atoms with E-state index in [1.54, 1.807) is 30.3 Å². The van der Waals surface area contributed by atoms with Crippen molar-refractivity contribution in [1.82, 2.24) is 15.3 Å². The summed E-state index contributed by atoms with van der Waals surface area (Å²) in [7, 11) is 0. The van der Waals surface area contributed by atoms with Gasteiger partial charge in [-0.05, 0) is 66.7 Å². The summed E-state index contributed by atoms with van der Waals surface area (Å²) in [5, 5.41) is 15.3. The zero-order chi connectivity index (χ0) is 28.8. The molecule has 10 nitrogen and oxygen atoms in total. The molecule has 4 aromatic carbocycles. The van der Waals surface area contributed by atoms with Crippen molar-refractivity contribution < 1.29 is 9.59 Å². The third kappa shape index (κ3) is 6.43.